The van der Waals surface area contributed by atoms with Crippen LogP contribution in [-0.4, -0.2) is 147 Å². The van der Waals surface area contributed by atoms with Gasteiger partial charge in [0.15, 0.2) is 5.96 Å². The Morgan fingerprint density at radius 3 is 1.81 bits per heavy atom. The number of amides is 7. The molecule has 1 heterocycles. The SMILES string of the molecule is CC(C)C[C@H](NC(=O)[C@H](CO)NC(=O)[C@H](CCCN=C(N)N)NC(=O)[C@@H](N)CO)C(=O)N[C@@H](Cc1c[nH]c2ccccc12)C(=O)N[C@@H](CC(=O)O)C(=O)N[C@@H](CCC(N)=O)C(=O)O. The fourth-order valence-electron chi connectivity index (χ4n) is 6.05. The number of aliphatic hydroxyl groups is 2. The van der Waals surface area contributed by atoms with Crippen LogP contribution in [0.15, 0.2) is 35.5 Å². The fourth-order valence-corrected chi connectivity index (χ4v) is 6.05. The summed E-state index contributed by atoms with van der Waals surface area (Å²) >= 11 is 0. The predicted molar refractivity (Wildman–Crippen MR) is 223 cm³/mol. The van der Waals surface area contributed by atoms with E-state index in [1.807, 2.05) is 0 Å². The zero-order chi connectivity index (χ0) is 47.4. The van der Waals surface area contributed by atoms with Crippen LogP contribution < -0.4 is 54.8 Å². The molecule has 19 N–H and O–H groups in total. The summed E-state index contributed by atoms with van der Waals surface area (Å²) in [4.78, 5) is 122. The molecule has 1 aromatic heterocycles. The second-order valence-corrected chi connectivity index (χ2v) is 14.9. The number of carbonyl (C=O) groups excluding carboxylic acids is 7. The Bertz CT molecular complexity index is 1970. The third kappa shape index (κ3) is 17.9. The highest BCUT2D eigenvalue weighted by atomic mass is 16.4. The number of aliphatic carboxylic acids is 2. The molecular weight excluding hydrogens is 832 g/mol. The number of aliphatic hydroxyl groups excluding tert-OH is 2. The molecule has 25 nitrogen and oxygen atoms in total. The number of carboxylic acids is 2. The molecule has 0 aliphatic rings. The van der Waals surface area contributed by atoms with Crippen molar-refractivity contribution in [3.05, 3.63) is 36.0 Å². The number of para-hydroxylation sites is 1. The van der Waals surface area contributed by atoms with Crippen LogP contribution in [0.1, 0.15) is 57.9 Å². The molecule has 0 saturated heterocycles. The molecule has 1 aromatic carbocycles. The molecule has 0 saturated carbocycles. The van der Waals surface area contributed by atoms with E-state index < -0.39 is 128 Å². The molecule has 2 aromatic rings. The Morgan fingerprint density at radius 1 is 0.683 bits per heavy atom. The smallest absolute Gasteiger partial charge is 0.326 e. The van der Waals surface area contributed by atoms with Crippen molar-refractivity contribution in [2.75, 3.05) is 19.8 Å². The number of H-pyrrole nitrogens is 1. The number of aliphatic imine (C=N–C) groups is 1. The van der Waals surface area contributed by atoms with Crippen LogP contribution in [0.5, 0.6) is 0 Å². The van der Waals surface area contributed by atoms with E-state index in [-0.39, 0.29) is 44.1 Å². The molecule has 7 amide bonds. The van der Waals surface area contributed by atoms with Crippen LogP contribution >= 0.6 is 0 Å². The first kappa shape index (κ1) is 52.3. The number of nitrogens with one attached hydrogen (secondary N) is 7. The van der Waals surface area contributed by atoms with Crippen molar-refractivity contribution in [2.45, 2.75) is 101 Å². The van der Waals surface area contributed by atoms with Gasteiger partial charge in [-0.2, -0.15) is 0 Å². The first-order chi connectivity index (χ1) is 29.7. The van der Waals surface area contributed by atoms with E-state index in [9.17, 15) is 63.6 Å². The molecule has 0 aliphatic heterocycles. The molecular formula is C38H58N12O13. The predicted octanol–water partition coefficient (Wildman–Crippen LogP) is -5.14. The van der Waals surface area contributed by atoms with E-state index in [1.54, 1.807) is 44.3 Å². The first-order valence-electron chi connectivity index (χ1n) is 19.8. The van der Waals surface area contributed by atoms with Crippen molar-refractivity contribution in [1.82, 2.24) is 36.9 Å². The van der Waals surface area contributed by atoms with E-state index in [2.05, 4.69) is 41.9 Å². The fraction of sp³-hybridized carbons (Fsp3) is 0.526. The minimum atomic E-state index is -1.88. The molecule has 0 bridgehead atoms. The third-order valence-corrected chi connectivity index (χ3v) is 9.31. The van der Waals surface area contributed by atoms with E-state index in [0.29, 0.717) is 16.5 Å². The highest BCUT2D eigenvalue weighted by Gasteiger charge is 2.35. The second-order valence-electron chi connectivity index (χ2n) is 14.9. The second kappa shape index (κ2) is 25.8. The highest BCUT2D eigenvalue weighted by Crippen LogP contribution is 2.20. The number of primary amides is 1. The molecule has 348 valence electrons. The number of carboxylic acid groups (broad SMARTS) is 2. The van der Waals surface area contributed by atoms with Crippen LogP contribution in [0.2, 0.25) is 0 Å². The van der Waals surface area contributed by atoms with Gasteiger partial charge in [-0.05, 0) is 43.2 Å². The zero-order valence-electron chi connectivity index (χ0n) is 34.8. The zero-order valence-corrected chi connectivity index (χ0v) is 34.8. The maximum Gasteiger partial charge on any atom is 0.326 e. The van der Waals surface area contributed by atoms with Crippen molar-refractivity contribution < 1.29 is 63.6 Å². The van der Waals surface area contributed by atoms with E-state index in [1.165, 1.54) is 0 Å². The molecule has 0 spiro atoms. The van der Waals surface area contributed by atoms with Gasteiger partial charge in [0.1, 0.15) is 42.3 Å². The van der Waals surface area contributed by atoms with Crippen molar-refractivity contribution in [1.29, 1.82) is 0 Å². The maximum atomic E-state index is 14.1. The Morgan fingerprint density at radius 2 is 1.22 bits per heavy atom. The highest BCUT2D eigenvalue weighted by molar-refractivity contribution is 5.98. The lowest BCUT2D eigenvalue weighted by atomic mass is 10.00. The van der Waals surface area contributed by atoms with E-state index in [4.69, 9.17) is 22.9 Å². The number of rotatable bonds is 28. The lowest BCUT2D eigenvalue weighted by molar-refractivity contribution is -0.144. The van der Waals surface area contributed by atoms with Gasteiger partial charge in [-0.15, -0.1) is 0 Å². The molecule has 0 aliphatic carbocycles. The lowest BCUT2D eigenvalue weighted by Crippen LogP contribution is -2.61. The number of benzene rings is 1. The quantitative estimate of drug-likeness (QED) is 0.0216. The average Bonchev–Trinajstić information content (AvgIpc) is 3.62. The van der Waals surface area contributed by atoms with E-state index >= 15 is 0 Å². The van der Waals surface area contributed by atoms with Crippen LogP contribution in [0.25, 0.3) is 10.9 Å². The summed E-state index contributed by atoms with van der Waals surface area (Å²) in [6.07, 6.45) is -0.571. The summed E-state index contributed by atoms with van der Waals surface area (Å²) < 4.78 is 0. The van der Waals surface area contributed by atoms with Gasteiger partial charge in [-0.3, -0.25) is 43.3 Å². The number of hydrogen-bond acceptors (Lipinski definition) is 13. The van der Waals surface area contributed by atoms with Gasteiger partial charge in [0.05, 0.1) is 19.6 Å². The van der Waals surface area contributed by atoms with Crippen LogP contribution in [-0.2, 0) is 49.6 Å². The van der Waals surface area contributed by atoms with Gasteiger partial charge < -0.3 is 80.2 Å². The minimum Gasteiger partial charge on any atom is -0.481 e. The summed E-state index contributed by atoms with van der Waals surface area (Å²) in [6.45, 7) is 1.75. The largest absolute Gasteiger partial charge is 0.481 e. The summed E-state index contributed by atoms with van der Waals surface area (Å²) in [5, 5.41) is 53.3. The average molecular weight is 891 g/mol. The van der Waals surface area contributed by atoms with Crippen molar-refractivity contribution in [3.63, 3.8) is 0 Å². The van der Waals surface area contributed by atoms with Gasteiger partial charge >= 0.3 is 11.9 Å². The van der Waals surface area contributed by atoms with Gasteiger partial charge in [-0.25, -0.2) is 4.79 Å². The first-order valence-corrected chi connectivity index (χ1v) is 19.8. The number of fused-ring (bicyclic) bond motifs is 1. The molecule has 7 atom stereocenters. The van der Waals surface area contributed by atoms with Crippen molar-refractivity contribution >= 4 is 70.2 Å². The minimum absolute atomic E-state index is 0.0558. The summed E-state index contributed by atoms with van der Waals surface area (Å²) in [6, 6.07) is -4.06. The Balaban J connectivity index is 2.42. The van der Waals surface area contributed by atoms with Crippen LogP contribution in [0, 0.1) is 5.92 Å². The molecule has 63 heavy (non-hydrogen) atoms. The lowest BCUT2D eigenvalue weighted by Gasteiger charge is -2.27. The Hall–Kier alpha value is -6.86. The van der Waals surface area contributed by atoms with E-state index in [0.717, 1.165) is 0 Å². The number of nitrogens with zero attached hydrogens (tertiary/aromatic N) is 1. The number of aromatic nitrogens is 1. The summed E-state index contributed by atoms with van der Waals surface area (Å²) in [7, 11) is 0. The van der Waals surface area contributed by atoms with Gasteiger partial charge in [0.25, 0.3) is 0 Å². The Labute approximate surface area is 360 Å². The van der Waals surface area contributed by atoms with Crippen molar-refractivity contribution in [2.24, 2.45) is 33.8 Å². The molecule has 0 radical (unpaired) electrons. The maximum absolute atomic E-state index is 14.1. The molecule has 0 unspecified atom stereocenters. The number of guanidine groups is 1. The number of aromatic amines is 1. The van der Waals surface area contributed by atoms with Gasteiger partial charge in [-0.1, -0.05) is 32.0 Å². The topological polar surface area (TPSA) is 439 Å². The normalized spacial score (nSPS) is 14.4. The van der Waals surface area contributed by atoms with Gasteiger partial charge in [0.2, 0.25) is 41.4 Å². The Kier molecular flexibility index (Phi) is 21.4. The van der Waals surface area contributed by atoms with Gasteiger partial charge in [0, 0.05) is 36.5 Å². The summed E-state index contributed by atoms with van der Waals surface area (Å²) in [5.41, 5.74) is 22.5. The molecule has 25 heteroatoms. The number of hydrogen-bond donors (Lipinski definition) is 15. The summed E-state index contributed by atoms with van der Waals surface area (Å²) in [5.74, 6) is -10.7. The van der Waals surface area contributed by atoms with Crippen LogP contribution in [0.3, 0.4) is 0 Å². The van der Waals surface area contributed by atoms with Crippen molar-refractivity contribution in [3.8, 4) is 0 Å². The number of nitrogens with two attached hydrogens (primary N) is 4. The third-order valence-electron chi connectivity index (χ3n) is 9.31. The molecule has 0 fully saturated rings. The molecule has 2 rings (SSSR count). The monoisotopic (exact) mass is 890 g/mol. The van der Waals surface area contributed by atoms with Crippen LogP contribution in [0.4, 0.5) is 0 Å². The number of carbonyl (C=O) groups is 9. The standard InChI is InChI=1S/C38H58N12O13/c1-18(2)12-25(47-36(61)28(17-52)50-32(57)23(8-5-11-43-38(41)42)45-31(56)21(39)16-51)33(58)48-26(13-19-15-44-22-7-4-3-6-20(19)22)34(59)49-27(14-30(54)55)35(60)46-24(37(62)63)9-10-29(40)53/h3-4,6-7,15,18,21,23-28,44,51-52H,5,8-14,16-17,39H2,1-2H3,(H2,40,53)(H,45,56)(H,46,60)(H,47,61)(H,48,58)(H,49,59)(H,50,57)(H,54,55)(H,62,63)(H4,41,42,43)/t21-,23-,24-,25-,26-,27-,28-/m0/s1.